The van der Waals surface area contributed by atoms with Crippen LogP contribution in [0.2, 0.25) is 0 Å². The zero-order valence-electron chi connectivity index (χ0n) is 17.3. The third-order valence-electron chi connectivity index (χ3n) is 5.91. The number of aryl methyl sites for hydroxylation is 2. The van der Waals surface area contributed by atoms with Crippen molar-refractivity contribution in [1.29, 1.82) is 0 Å². The molecule has 0 spiro atoms. The van der Waals surface area contributed by atoms with E-state index in [1.54, 1.807) is 7.05 Å². The van der Waals surface area contributed by atoms with E-state index in [4.69, 9.17) is 10.7 Å². The van der Waals surface area contributed by atoms with Crippen LogP contribution in [0, 0.1) is 6.92 Å². The van der Waals surface area contributed by atoms with Gasteiger partial charge in [-0.15, -0.1) is 0 Å². The van der Waals surface area contributed by atoms with Crippen molar-refractivity contribution in [3.8, 4) is 0 Å². The third kappa shape index (κ3) is 3.37. The van der Waals surface area contributed by atoms with Gasteiger partial charge < -0.3 is 10.6 Å². The van der Waals surface area contributed by atoms with E-state index >= 15 is 0 Å². The topological polar surface area (TPSA) is 91.1 Å². The number of hydrogen-bond acceptors (Lipinski definition) is 5. The highest BCUT2D eigenvalue weighted by atomic mass is 16.2. The van der Waals surface area contributed by atoms with Crippen molar-refractivity contribution in [3.63, 3.8) is 0 Å². The molecular formula is C21H28N6O2. The van der Waals surface area contributed by atoms with Crippen LogP contribution in [0.15, 0.2) is 33.9 Å². The Morgan fingerprint density at radius 3 is 2.66 bits per heavy atom. The molecule has 3 heterocycles. The normalized spacial score (nSPS) is 17.7. The number of rotatable bonds is 3. The third-order valence-corrected chi connectivity index (χ3v) is 5.91. The second-order valence-corrected chi connectivity index (χ2v) is 8.00. The minimum Gasteiger partial charge on any atom is -0.341 e. The van der Waals surface area contributed by atoms with Gasteiger partial charge in [0.15, 0.2) is 11.2 Å². The number of nitrogens with zero attached hydrogens (tertiary/aromatic N) is 5. The van der Waals surface area contributed by atoms with Crippen molar-refractivity contribution >= 4 is 17.1 Å². The number of anilines is 1. The van der Waals surface area contributed by atoms with Crippen LogP contribution in [0.1, 0.15) is 30.4 Å². The van der Waals surface area contributed by atoms with E-state index in [0.717, 1.165) is 41.5 Å². The molecule has 29 heavy (non-hydrogen) atoms. The molecular weight excluding hydrogens is 368 g/mol. The molecule has 0 bridgehead atoms. The van der Waals surface area contributed by atoms with Gasteiger partial charge in [-0.3, -0.25) is 18.5 Å². The molecule has 2 aromatic heterocycles. The van der Waals surface area contributed by atoms with Crippen molar-refractivity contribution in [2.75, 3.05) is 18.0 Å². The summed E-state index contributed by atoms with van der Waals surface area (Å²) in [5.41, 5.74) is 8.72. The van der Waals surface area contributed by atoms with Crippen LogP contribution in [-0.4, -0.2) is 37.8 Å². The van der Waals surface area contributed by atoms with Gasteiger partial charge >= 0.3 is 5.69 Å². The Morgan fingerprint density at radius 2 is 1.90 bits per heavy atom. The van der Waals surface area contributed by atoms with Gasteiger partial charge in [0.25, 0.3) is 5.56 Å². The van der Waals surface area contributed by atoms with E-state index in [-0.39, 0.29) is 17.3 Å². The molecule has 1 fully saturated rings. The standard InChI is InChI=1S/C21H28N6O2/c1-14-8-4-5-9-15(14)12-27-17-18(24(2)21(29)25(3)19(17)28)23-20(27)26-11-7-6-10-16(22)13-26/h4-5,8-9,16H,6-7,10-13,22H2,1-3H3. The molecule has 1 aliphatic rings. The van der Waals surface area contributed by atoms with Crippen LogP contribution in [0.25, 0.3) is 11.2 Å². The van der Waals surface area contributed by atoms with Gasteiger partial charge in [0.05, 0.1) is 6.54 Å². The minimum atomic E-state index is -0.373. The minimum absolute atomic E-state index is 0.0656. The highest BCUT2D eigenvalue weighted by Gasteiger charge is 2.25. The van der Waals surface area contributed by atoms with E-state index in [9.17, 15) is 9.59 Å². The lowest BCUT2D eigenvalue weighted by Gasteiger charge is -2.25. The SMILES string of the molecule is Cc1ccccc1Cn1c(N2CCCCC(N)C2)nc2c1c(=O)n(C)c(=O)n2C. The van der Waals surface area contributed by atoms with Gasteiger partial charge in [-0.1, -0.05) is 30.7 Å². The summed E-state index contributed by atoms with van der Waals surface area (Å²) < 4.78 is 4.56. The number of hydrogen-bond donors (Lipinski definition) is 1. The van der Waals surface area contributed by atoms with Crippen molar-refractivity contribution in [2.45, 2.75) is 38.8 Å². The van der Waals surface area contributed by atoms with E-state index in [2.05, 4.69) is 24.0 Å². The van der Waals surface area contributed by atoms with Crippen LogP contribution in [0.4, 0.5) is 5.95 Å². The lowest BCUT2D eigenvalue weighted by atomic mass is 10.1. The van der Waals surface area contributed by atoms with E-state index in [1.807, 2.05) is 16.7 Å². The van der Waals surface area contributed by atoms with Crippen LogP contribution < -0.4 is 21.9 Å². The predicted molar refractivity (Wildman–Crippen MR) is 115 cm³/mol. The van der Waals surface area contributed by atoms with Crippen molar-refractivity contribution in [1.82, 2.24) is 18.7 Å². The first-order valence-corrected chi connectivity index (χ1v) is 10.1. The Labute approximate surface area is 169 Å². The number of fused-ring (bicyclic) bond motifs is 1. The molecule has 4 rings (SSSR count). The summed E-state index contributed by atoms with van der Waals surface area (Å²) in [5.74, 6) is 0.707. The van der Waals surface area contributed by atoms with Gasteiger partial charge in [0.2, 0.25) is 5.95 Å². The zero-order chi connectivity index (χ0) is 20.7. The van der Waals surface area contributed by atoms with Crippen molar-refractivity contribution < 1.29 is 0 Å². The fourth-order valence-corrected chi connectivity index (χ4v) is 4.14. The summed E-state index contributed by atoms with van der Waals surface area (Å²) in [4.78, 5) is 32.5. The maximum absolute atomic E-state index is 13.1. The average molecular weight is 396 g/mol. The summed E-state index contributed by atoms with van der Waals surface area (Å²) in [6, 6.07) is 8.19. The molecule has 154 valence electrons. The van der Waals surface area contributed by atoms with Gasteiger partial charge in [0, 0.05) is 33.2 Å². The molecule has 1 saturated heterocycles. The van der Waals surface area contributed by atoms with Gasteiger partial charge in [-0.05, 0) is 30.9 Å². The highest BCUT2D eigenvalue weighted by molar-refractivity contribution is 5.75. The molecule has 2 N–H and O–H groups in total. The second kappa shape index (κ2) is 7.51. The number of imidazole rings is 1. The maximum Gasteiger partial charge on any atom is 0.332 e. The molecule has 0 amide bonds. The van der Waals surface area contributed by atoms with E-state index < -0.39 is 0 Å². The molecule has 1 aliphatic heterocycles. The maximum atomic E-state index is 13.1. The summed E-state index contributed by atoms with van der Waals surface area (Å²) in [5, 5.41) is 0. The quantitative estimate of drug-likeness (QED) is 0.716. The van der Waals surface area contributed by atoms with Crippen LogP contribution in [0.3, 0.4) is 0 Å². The second-order valence-electron chi connectivity index (χ2n) is 8.00. The summed E-state index contributed by atoms with van der Waals surface area (Å²) in [6.45, 7) is 4.09. The first-order valence-electron chi connectivity index (χ1n) is 10.1. The van der Waals surface area contributed by atoms with Crippen LogP contribution in [-0.2, 0) is 20.6 Å². The molecule has 8 heteroatoms. The van der Waals surface area contributed by atoms with E-state index in [0.29, 0.717) is 30.2 Å². The molecule has 8 nitrogen and oxygen atoms in total. The molecule has 1 atom stereocenters. The van der Waals surface area contributed by atoms with E-state index in [1.165, 1.54) is 11.6 Å². The Morgan fingerprint density at radius 1 is 1.14 bits per heavy atom. The molecule has 1 unspecified atom stereocenters. The predicted octanol–water partition coefficient (Wildman–Crippen LogP) is 1.11. The molecule has 0 aliphatic carbocycles. The largest absolute Gasteiger partial charge is 0.341 e. The fourth-order valence-electron chi connectivity index (χ4n) is 4.14. The Hall–Kier alpha value is -2.87. The number of nitrogens with two attached hydrogens (primary N) is 1. The summed E-state index contributed by atoms with van der Waals surface area (Å²) in [6.07, 6.45) is 3.09. The summed E-state index contributed by atoms with van der Waals surface area (Å²) >= 11 is 0. The summed E-state index contributed by atoms with van der Waals surface area (Å²) in [7, 11) is 3.17. The first-order chi connectivity index (χ1) is 13.9. The monoisotopic (exact) mass is 396 g/mol. The lowest BCUT2D eigenvalue weighted by Crippen LogP contribution is -2.38. The highest BCUT2D eigenvalue weighted by Crippen LogP contribution is 2.24. The van der Waals surface area contributed by atoms with Crippen molar-refractivity contribution in [2.24, 2.45) is 19.8 Å². The molecule has 0 radical (unpaired) electrons. The van der Waals surface area contributed by atoms with Crippen molar-refractivity contribution in [3.05, 3.63) is 56.2 Å². The van der Waals surface area contributed by atoms with Gasteiger partial charge in [-0.25, -0.2) is 4.79 Å². The lowest BCUT2D eigenvalue weighted by molar-refractivity contribution is 0.615. The number of aromatic nitrogens is 4. The average Bonchev–Trinajstić information content (AvgIpc) is 2.94. The number of benzene rings is 1. The Balaban J connectivity index is 1.97. The zero-order valence-corrected chi connectivity index (χ0v) is 17.3. The van der Waals surface area contributed by atoms with Gasteiger partial charge in [-0.2, -0.15) is 4.98 Å². The van der Waals surface area contributed by atoms with Crippen LogP contribution in [0.5, 0.6) is 0 Å². The molecule has 3 aromatic rings. The van der Waals surface area contributed by atoms with Crippen LogP contribution >= 0.6 is 0 Å². The molecule has 1 aromatic carbocycles. The smallest absolute Gasteiger partial charge is 0.332 e. The Bertz CT molecular complexity index is 1170. The Kier molecular flexibility index (Phi) is 5.04. The fraction of sp³-hybridized carbons (Fsp3) is 0.476. The molecule has 0 saturated carbocycles. The first kappa shape index (κ1) is 19.4. The van der Waals surface area contributed by atoms with Gasteiger partial charge in [0.1, 0.15) is 0 Å².